The fourth-order valence-corrected chi connectivity index (χ4v) is 2.07. The molecule has 1 aromatic carbocycles. The van der Waals surface area contributed by atoms with Crippen molar-refractivity contribution in [1.29, 1.82) is 0 Å². The van der Waals surface area contributed by atoms with Crippen molar-refractivity contribution in [3.05, 3.63) is 35.4 Å². The third-order valence-electron chi connectivity index (χ3n) is 3.36. The summed E-state index contributed by atoms with van der Waals surface area (Å²) in [5.41, 5.74) is 1.16. The van der Waals surface area contributed by atoms with E-state index in [1.165, 1.54) is 6.07 Å². The molecule has 0 spiro atoms. The molecule has 1 aliphatic rings. The van der Waals surface area contributed by atoms with Crippen molar-refractivity contribution in [1.82, 2.24) is 15.6 Å². The van der Waals surface area contributed by atoms with Crippen LogP contribution in [0, 0.1) is 11.6 Å². The van der Waals surface area contributed by atoms with E-state index in [1.807, 2.05) is 0 Å². The highest BCUT2D eigenvalue weighted by Gasteiger charge is 2.43. The van der Waals surface area contributed by atoms with Gasteiger partial charge in [0, 0.05) is 24.6 Å². The second kappa shape index (κ2) is 6.73. The fraction of sp³-hybridized carbons (Fsp3) is 0.333. The molecule has 24 heavy (non-hydrogen) atoms. The van der Waals surface area contributed by atoms with Crippen LogP contribution in [0.4, 0.5) is 13.6 Å². The predicted octanol–water partition coefficient (Wildman–Crippen LogP) is 1.14. The normalized spacial score (nSPS) is 16.6. The molecule has 0 aromatic heterocycles. The number of hydrogen-bond acceptors (Lipinski definition) is 4. The van der Waals surface area contributed by atoms with Gasteiger partial charge in [-0.15, -0.1) is 0 Å². The maximum absolute atomic E-state index is 13.4. The van der Waals surface area contributed by atoms with Crippen molar-refractivity contribution < 1.29 is 23.2 Å². The average Bonchev–Trinajstić information content (AvgIpc) is 2.68. The summed E-state index contributed by atoms with van der Waals surface area (Å²) in [6.07, 6.45) is 0.877. The Morgan fingerprint density at radius 2 is 2.08 bits per heavy atom. The van der Waals surface area contributed by atoms with Gasteiger partial charge in [0.15, 0.2) is 0 Å². The van der Waals surface area contributed by atoms with Crippen LogP contribution in [0.25, 0.3) is 0 Å². The molecule has 1 saturated heterocycles. The highest BCUT2D eigenvalue weighted by Crippen LogP contribution is 2.16. The zero-order valence-electron chi connectivity index (χ0n) is 13.1. The van der Waals surface area contributed by atoms with Gasteiger partial charge >= 0.3 is 6.03 Å². The molecule has 1 heterocycles. The van der Waals surface area contributed by atoms with E-state index in [-0.39, 0.29) is 18.5 Å². The summed E-state index contributed by atoms with van der Waals surface area (Å²) in [5.74, 6) is -2.50. The molecule has 128 valence electrons. The minimum atomic E-state index is -0.994. The molecular weight excluding hydrogens is 322 g/mol. The van der Waals surface area contributed by atoms with Crippen LogP contribution in [0.1, 0.15) is 25.8 Å². The van der Waals surface area contributed by atoms with E-state index in [4.69, 9.17) is 0 Å². The Morgan fingerprint density at radius 3 is 2.67 bits per heavy atom. The lowest BCUT2D eigenvalue weighted by atomic mass is 10.1. The fourth-order valence-electron chi connectivity index (χ4n) is 2.07. The Hall–Kier alpha value is -2.84. The summed E-state index contributed by atoms with van der Waals surface area (Å²) in [6, 6.07) is 2.37. The standard InChI is InChI=1S/C15H16F2N4O3/c1-15(2)13(23)21(14(24)19-15)6-5-12(22)20-18-8-9-3-4-10(16)7-11(9)17/h3-4,7-8H,5-6H2,1-2H3,(H,19,24)(H,20,22)/b18-8-. The monoisotopic (exact) mass is 338 g/mol. The van der Waals surface area contributed by atoms with Crippen LogP contribution in [-0.2, 0) is 9.59 Å². The smallest absolute Gasteiger partial charge is 0.324 e. The number of nitrogens with zero attached hydrogens (tertiary/aromatic N) is 2. The molecule has 7 nitrogen and oxygen atoms in total. The number of halogens is 2. The first-order valence-corrected chi connectivity index (χ1v) is 7.12. The molecule has 0 bridgehead atoms. The van der Waals surface area contributed by atoms with Crippen LogP contribution < -0.4 is 10.7 Å². The number of rotatable bonds is 5. The summed E-state index contributed by atoms with van der Waals surface area (Å²) in [7, 11) is 0. The quantitative estimate of drug-likeness (QED) is 0.479. The van der Waals surface area contributed by atoms with Gasteiger partial charge in [0.2, 0.25) is 5.91 Å². The molecule has 0 radical (unpaired) electrons. The van der Waals surface area contributed by atoms with Gasteiger partial charge in [-0.1, -0.05) is 0 Å². The van der Waals surface area contributed by atoms with E-state index in [9.17, 15) is 23.2 Å². The van der Waals surface area contributed by atoms with Crippen molar-refractivity contribution in [3.8, 4) is 0 Å². The molecule has 0 atom stereocenters. The molecule has 0 unspecified atom stereocenters. The van der Waals surface area contributed by atoms with E-state index in [2.05, 4.69) is 15.8 Å². The topological polar surface area (TPSA) is 90.9 Å². The van der Waals surface area contributed by atoms with E-state index in [0.29, 0.717) is 6.07 Å². The maximum Gasteiger partial charge on any atom is 0.325 e. The third-order valence-corrected chi connectivity index (χ3v) is 3.36. The molecular formula is C15H16F2N4O3. The molecule has 2 rings (SSSR count). The van der Waals surface area contributed by atoms with Crippen LogP contribution in [0.15, 0.2) is 23.3 Å². The molecule has 2 N–H and O–H groups in total. The van der Waals surface area contributed by atoms with Gasteiger partial charge in [-0.2, -0.15) is 5.10 Å². The number of carbonyl (C=O) groups is 3. The number of amides is 4. The van der Waals surface area contributed by atoms with Gasteiger partial charge in [0.1, 0.15) is 17.2 Å². The van der Waals surface area contributed by atoms with Crippen LogP contribution >= 0.6 is 0 Å². The van der Waals surface area contributed by atoms with Crippen molar-refractivity contribution in [2.24, 2.45) is 5.10 Å². The molecule has 0 saturated carbocycles. The van der Waals surface area contributed by atoms with Crippen LogP contribution in [0.5, 0.6) is 0 Å². The molecule has 4 amide bonds. The van der Waals surface area contributed by atoms with Crippen molar-refractivity contribution in [2.75, 3.05) is 6.54 Å². The number of carbonyl (C=O) groups excluding carboxylic acids is 3. The van der Waals surface area contributed by atoms with Crippen molar-refractivity contribution in [2.45, 2.75) is 25.8 Å². The second-order valence-electron chi connectivity index (χ2n) is 5.72. The number of imide groups is 1. The molecule has 9 heteroatoms. The maximum atomic E-state index is 13.4. The third kappa shape index (κ3) is 3.92. The number of hydrazone groups is 1. The second-order valence-corrected chi connectivity index (χ2v) is 5.72. The predicted molar refractivity (Wildman–Crippen MR) is 81.0 cm³/mol. The number of urea groups is 1. The van der Waals surface area contributed by atoms with Gasteiger partial charge in [0.05, 0.1) is 6.21 Å². The van der Waals surface area contributed by atoms with Gasteiger partial charge in [-0.25, -0.2) is 19.0 Å². The van der Waals surface area contributed by atoms with Crippen LogP contribution in [0.3, 0.4) is 0 Å². The highest BCUT2D eigenvalue weighted by atomic mass is 19.1. The van der Waals surface area contributed by atoms with E-state index in [0.717, 1.165) is 17.2 Å². The van der Waals surface area contributed by atoms with Gasteiger partial charge in [-0.3, -0.25) is 14.5 Å². The summed E-state index contributed by atoms with van der Waals surface area (Å²) in [4.78, 5) is 36.2. The van der Waals surface area contributed by atoms with E-state index >= 15 is 0 Å². The molecule has 1 fully saturated rings. The van der Waals surface area contributed by atoms with E-state index in [1.54, 1.807) is 13.8 Å². The number of benzene rings is 1. The van der Waals surface area contributed by atoms with Crippen LogP contribution in [0.2, 0.25) is 0 Å². The summed E-state index contributed by atoms with van der Waals surface area (Å²) in [5, 5.41) is 6.05. The Kier molecular flexibility index (Phi) is 4.91. The first-order chi connectivity index (χ1) is 11.2. The number of hydrogen-bond donors (Lipinski definition) is 2. The molecule has 0 aliphatic carbocycles. The zero-order chi connectivity index (χ0) is 17.9. The Morgan fingerprint density at radius 1 is 1.38 bits per heavy atom. The lowest BCUT2D eigenvalue weighted by Crippen LogP contribution is -2.40. The Balaban J connectivity index is 1.85. The first kappa shape index (κ1) is 17.5. The zero-order valence-corrected chi connectivity index (χ0v) is 13.1. The highest BCUT2D eigenvalue weighted by molar-refractivity contribution is 6.06. The van der Waals surface area contributed by atoms with Crippen LogP contribution in [-0.4, -0.2) is 41.0 Å². The van der Waals surface area contributed by atoms with Gasteiger partial charge < -0.3 is 5.32 Å². The lowest BCUT2D eigenvalue weighted by molar-refractivity contribution is -0.130. The average molecular weight is 338 g/mol. The summed E-state index contributed by atoms with van der Waals surface area (Å²) < 4.78 is 26.1. The molecule has 1 aliphatic heterocycles. The van der Waals surface area contributed by atoms with Crippen molar-refractivity contribution in [3.63, 3.8) is 0 Å². The largest absolute Gasteiger partial charge is 0.325 e. The minimum absolute atomic E-state index is 0.00699. The summed E-state index contributed by atoms with van der Waals surface area (Å²) in [6.45, 7) is 3.03. The number of nitrogens with one attached hydrogen (secondary N) is 2. The first-order valence-electron chi connectivity index (χ1n) is 7.12. The van der Waals surface area contributed by atoms with E-state index < -0.39 is 35.0 Å². The minimum Gasteiger partial charge on any atom is -0.324 e. The SMILES string of the molecule is CC1(C)NC(=O)N(CCC(=O)N/N=C\c2ccc(F)cc2F)C1=O. The van der Waals surface area contributed by atoms with Crippen molar-refractivity contribution >= 4 is 24.1 Å². The van der Waals surface area contributed by atoms with Gasteiger partial charge in [-0.05, 0) is 26.0 Å². The summed E-state index contributed by atoms with van der Waals surface area (Å²) >= 11 is 0. The Bertz CT molecular complexity index is 719. The lowest BCUT2D eigenvalue weighted by Gasteiger charge is -2.15. The Labute approximate surface area is 136 Å². The molecule has 1 aromatic rings. The van der Waals surface area contributed by atoms with Gasteiger partial charge in [0.25, 0.3) is 5.91 Å².